The van der Waals surface area contributed by atoms with Crippen molar-refractivity contribution in [3.8, 4) is 0 Å². The second-order valence-electron chi connectivity index (χ2n) is 4.72. The molecule has 2 heterocycles. The van der Waals surface area contributed by atoms with Crippen LogP contribution in [0.2, 0.25) is 4.34 Å². The summed E-state index contributed by atoms with van der Waals surface area (Å²) in [5, 5.41) is 5.72. The van der Waals surface area contributed by atoms with E-state index in [2.05, 4.69) is 35.8 Å². The normalized spacial score (nSPS) is 15.9. The molecule has 0 saturated carbocycles. The van der Waals surface area contributed by atoms with E-state index in [1.165, 1.54) is 9.75 Å². The first-order valence-corrected chi connectivity index (χ1v) is 10.2. The molecule has 2 aromatic heterocycles. The number of halogens is 1. The SMILES string of the molecule is CC(CCS(C)=O)NC(c1cccs1)c1ccc(Cl)s1. The summed E-state index contributed by atoms with van der Waals surface area (Å²) in [4.78, 5) is 2.51. The molecule has 3 atom stereocenters. The van der Waals surface area contributed by atoms with Gasteiger partial charge < -0.3 is 5.32 Å². The Hall–Kier alpha value is -0.200. The number of thiophene rings is 2. The fourth-order valence-corrected chi connectivity index (χ4v) is 4.66. The first-order valence-electron chi connectivity index (χ1n) is 6.41. The maximum Gasteiger partial charge on any atom is 0.0931 e. The lowest BCUT2D eigenvalue weighted by Gasteiger charge is -2.21. The third-order valence-electron chi connectivity index (χ3n) is 3.00. The average Bonchev–Trinajstić information content (AvgIpc) is 3.04. The maximum atomic E-state index is 11.2. The Morgan fingerprint density at radius 2 is 2.15 bits per heavy atom. The van der Waals surface area contributed by atoms with Gasteiger partial charge >= 0.3 is 0 Å². The molecule has 110 valence electrons. The van der Waals surface area contributed by atoms with Gasteiger partial charge in [0, 0.05) is 38.6 Å². The van der Waals surface area contributed by atoms with Crippen LogP contribution in [0.15, 0.2) is 29.6 Å². The molecule has 1 N–H and O–H groups in total. The molecule has 3 unspecified atom stereocenters. The summed E-state index contributed by atoms with van der Waals surface area (Å²) < 4.78 is 12.0. The van der Waals surface area contributed by atoms with Gasteiger partial charge in [0.15, 0.2) is 0 Å². The minimum Gasteiger partial charge on any atom is -0.302 e. The van der Waals surface area contributed by atoms with Crippen molar-refractivity contribution < 1.29 is 4.21 Å². The molecule has 2 aromatic rings. The zero-order valence-electron chi connectivity index (χ0n) is 11.5. The Balaban J connectivity index is 2.10. The van der Waals surface area contributed by atoms with E-state index < -0.39 is 10.8 Å². The predicted octanol–water partition coefficient (Wildman–Crippen LogP) is 4.30. The zero-order chi connectivity index (χ0) is 14.5. The molecular formula is C14H18ClNOS3. The summed E-state index contributed by atoms with van der Waals surface area (Å²) in [7, 11) is -0.734. The molecule has 0 aliphatic rings. The Morgan fingerprint density at radius 3 is 2.70 bits per heavy atom. The molecule has 20 heavy (non-hydrogen) atoms. The monoisotopic (exact) mass is 347 g/mol. The number of nitrogens with one attached hydrogen (secondary N) is 1. The van der Waals surface area contributed by atoms with E-state index in [-0.39, 0.29) is 6.04 Å². The minimum absolute atomic E-state index is 0.174. The lowest BCUT2D eigenvalue weighted by atomic mass is 10.1. The zero-order valence-corrected chi connectivity index (χ0v) is 14.7. The van der Waals surface area contributed by atoms with Crippen LogP contribution in [-0.4, -0.2) is 22.3 Å². The lowest BCUT2D eigenvalue weighted by molar-refractivity contribution is 0.496. The van der Waals surface area contributed by atoms with Crippen molar-refractivity contribution in [2.24, 2.45) is 0 Å². The fraction of sp³-hybridized carbons (Fsp3) is 0.429. The molecule has 6 heteroatoms. The van der Waals surface area contributed by atoms with Crippen LogP contribution in [0, 0.1) is 0 Å². The van der Waals surface area contributed by atoms with Gasteiger partial charge in [0.25, 0.3) is 0 Å². The molecule has 0 aromatic carbocycles. The summed E-state index contributed by atoms with van der Waals surface area (Å²) in [6, 6.07) is 8.71. The highest BCUT2D eigenvalue weighted by Gasteiger charge is 2.19. The van der Waals surface area contributed by atoms with Crippen molar-refractivity contribution in [3.63, 3.8) is 0 Å². The molecular weight excluding hydrogens is 330 g/mol. The molecule has 0 aliphatic heterocycles. The van der Waals surface area contributed by atoms with Crippen molar-refractivity contribution in [1.29, 1.82) is 0 Å². The third kappa shape index (κ3) is 4.67. The van der Waals surface area contributed by atoms with E-state index in [4.69, 9.17) is 11.6 Å². The van der Waals surface area contributed by atoms with Gasteiger partial charge in [-0.2, -0.15) is 0 Å². The van der Waals surface area contributed by atoms with E-state index in [1.54, 1.807) is 28.9 Å². The summed E-state index contributed by atoms with van der Waals surface area (Å²) in [6.45, 7) is 2.14. The Morgan fingerprint density at radius 1 is 1.35 bits per heavy atom. The van der Waals surface area contributed by atoms with E-state index in [0.29, 0.717) is 6.04 Å². The van der Waals surface area contributed by atoms with Crippen LogP contribution in [0.3, 0.4) is 0 Å². The van der Waals surface area contributed by atoms with Crippen LogP contribution < -0.4 is 5.32 Å². The van der Waals surface area contributed by atoms with Gasteiger partial charge in [-0.15, -0.1) is 22.7 Å². The van der Waals surface area contributed by atoms with Crippen LogP contribution in [0.5, 0.6) is 0 Å². The predicted molar refractivity (Wildman–Crippen MR) is 91.6 cm³/mol. The molecule has 0 radical (unpaired) electrons. The fourth-order valence-electron chi connectivity index (χ4n) is 1.95. The van der Waals surface area contributed by atoms with E-state index in [0.717, 1.165) is 16.5 Å². The lowest BCUT2D eigenvalue weighted by Crippen LogP contribution is -2.31. The quantitative estimate of drug-likeness (QED) is 0.809. The molecule has 2 nitrogen and oxygen atoms in total. The molecule has 0 bridgehead atoms. The van der Waals surface area contributed by atoms with Gasteiger partial charge in [0.1, 0.15) is 0 Å². The topological polar surface area (TPSA) is 29.1 Å². The summed E-state index contributed by atoms with van der Waals surface area (Å²) in [5.41, 5.74) is 0. The van der Waals surface area contributed by atoms with E-state index >= 15 is 0 Å². The number of hydrogen-bond donors (Lipinski definition) is 1. The van der Waals surface area contributed by atoms with Crippen molar-refractivity contribution in [3.05, 3.63) is 43.7 Å². The van der Waals surface area contributed by atoms with Crippen molar-refractivity contribution in [2.75, 3.05) is 12.0 Å². The second-order valence-corrected chi connectivity index (χ2v) is 9.00. The van der Waals surface area contributed by atoms with Crippen LogP contribution in [-0.2, 0) is 10.8 Å². The average molecular weight is 348 g/mol. The van der Waals surface area contributed by atoms with Gasteiger partial charge in [0.2, 0.25) is 0 Å². The summed E-state index contributed by atoms with van der Waals surface area (Å²) >= 11 is 9.41. The van der Waals surface area contributed by atoms with Crippen molar-refractivity contribution >= 4 is 45.1 Å². The number of rotatable bonds is 7. The van der Waals surface area contributed by atoms with Crippen LogP contribution in [0.25, 0.3) is 0 Å². The van der Waals surface area contributed by atoms with Gasteiger partial charge in [-0.3, -0.25) is 4.21 Å². The molecule has 0 spiro atoms. The highest BCUT2D eigenvalue weighted by Crippen LogP contribution is 2.33. The second kappa shape index (κ2) is 7.71. The van der Waals surface area contributed by atoms with Gasteiger partial charge in [-0.05, 0) is 36.9 Å². The van der Waals surface area contributed by atoms with Gasteiger partial charge in [-0.25, -0.2) is 0 Å². The maximum absolute atomic E-state index is 11.2. The summed E-state index contributed by atoms with van der Waals surface area (Å²) in [5.74, 6) is 0.733. The largest absolute Gasteiger partial charge is 0.302 e. The Bertz CT molecular complexity index is 553. The molecule has 0 fully saturated rings. The summed E-state index contributed by atoms with van der Waals surface area (Å²) in [6.07, 6.45) is 2.66. The van der Waals surface area contributed by atoms with Gasteiger partial charge in [-0.1, -0.05) is 17.7 Å². The Kier molecular flexibility index (Phi) is 6.23. The third-order valence-corrected chi connectivity index (χ3v) is 6.04. The Labute approximate surface area is 135 Å². The van der Waals surface area contributed by atoms with Crippen LogP contribution >= 0.6 is 34.3 Å². The highest BCUT2D eigenvalue weighted by molar-refractivity contribution is 7.84. The first kappa shape index (κ1) is 16.2. The number of hydrogen-bond acceptors (Lipinski definition) is 4. The van der Waals surface area contributed by atoms with Crippen LogP contribution in [0.1, 0.15) is 29.1 Å². The van der Waals surface area contributed by atoms with E-state index in [1.807, 2.05) is 6.07 Å². The van der Waals surface area contributed by atoms with Crippen LogP contribution in [0.4, 0.5) is 0 Å². The minimum atomic E-state index is -0.734. The molecule has 0 amide bonds. The standard InChI is InChI=1S/C14H18ClNOS3/c1-10(7-9-20(2)17)16-14(11-4-3-8-18-11)12-5-6-13(15)19-12/h3-6,8,10,14,16H,7,9H2,1-2H3. The van der Waals surface area contributed by atoms with E-state index in [9.17, 15) is 4.21 Å². The van der Waals surface area contributed by atoms with Crippen molar-refractivity contribution in [2.45, 2.75) is 25.4 Å². The molecule has 0 saturated heterocycles. The van der Waals surface area contributed by atoms with Crippen molar-refractivity contribution in [1.82, 2.24) is 5.32 Å². The molecule has 0 aliphatic carbocycles. The smallest absolute Gasteiger partial charge is 0.0931 e. The molecule has 2 rings (SSSR count). The van der Waals surface area contributed by atoms with Gasteiger partial charge in [0.05, 0.1) is 10.4 Å². The first-order chi connectivity index (χ1) is 9.56. The highest BCUT2D eigenvalue weighted by atomic mass is 35.5.